The summed E-state index contributed by atoms with van der Waals surface area (Å²) in [5.74, 6) is 0.717. The predicted molar refractivity (Wildman–Crippen MR) is 68.7 cm³/mol. The van der Waals surface area contributed by atoms with E-state index in [9.17, 15) is 0 Å². The summed E-state index contributed by atoms with van der Waals surface area (Å²) in [5.41, 5.74) is 0. The first-order chi connectivity index (χ1) is 7.35. The Kier molecular flexibility index (Phi) is 12.5. The Morgan fingerprint density at radius 1 is 0.933 bits per heavy atom. The molecule has 0 aliphatic carbocycles. The second-order valence-electron chi connectivity index (χ2n) is 4.25. The normalized spacial score (nSPS) is 13.0. The molecular formula is C13H27ClO. The average Bonchev–Trinajstić information content (AvgIpc) is 2.26. The molecule has 15 heavy (non-hydrogen) atoms. The molecule has 0 bridgehead atoms. The molecule has 0 rings (SSSR count). The minimum absolute atomic E-state index is 0.387. The smallest absolute Gasteiger partial charge is 0.0582 e. The van der Waals surface area contributed by atoms with E-state index in [0.717, 1.165) is 12.3 Å². The third-order valence-electron chi connectivity index (χ3n) is 2.89. The van der Waals surface area contributed by atoms with Crippen molar-refractivity contribution in [2.75, 3.05) is 13.0 Å². The molecule has 0 heterocycles. The highest BCUT2D eigenvalue weighted by molar-refractivity contribution is 6.17. The first kappa shape index (κ1) is 15.2. The lowest BCUT2D eigenvalue weighted by Gasteiger charge is -2.13. The van der Waals surface area contributed by atoms with Crippen molar-refractivity contribution in [1.29, 1.82) is 0 Å². The highest BCUT2D eigenvalue weighted by Crippen LogP contribution is 2.12. The number of alkyl halides is 1. The van der Waals surface area contributed by atoms with Crippen LogP contribution in [0.1, 0.15) is 64.7 Å². The highest BCUT2D eigenvalue weighted by atomic mass is 35.5. The summed E-state index contributed by atoms with van der Waals surface area (Å²) < 4.78 is 5.35. The molecule has 0 aromatic rings. The van der Waals surface area contributed by atoms with Crippen molar-refractivity contribution in [3.63, 3.8) is 0 Å². The Labute approximate surface area is 101 Å². The number of methoxy groups -OCH3 is 1. The van der Waals surface area contributed by atoms with Gasteiger partial charge in [0.1, 0.15) is 0 Å². The van der Waals surface area contributed by atoms with E-state index in [1.54, 1.807) is 7.11 Å². The van der Waals surface area contributed by atoms with Crippen LogP contribution in [0.4, 0.5) is 0 Å². The van der Waals surface area contributed by atoms with Gasteiger partial charge in [-0.3, -0.25) is 0 Å². The van der Waals surface area contributed by atoms with Crippen LogP contribution < -0.4 is 0 Å². The van der Waals surface area contributed by atoms with E-state index in [-0.39, 0.29) is 0 Å². The minimum Gasteiger partial charge on any atom is -0.381 e. The molecule has 0 saturated carbocycles. The average molecular weight is 235 g/mol. The van der Waals surface area contributed by atoms with Crippen molar-refractivity contribution < 1.29 is 4.74 Å². The van der Waals surface area contributed by atoms with Gasteiger partial charge >= 0.3 is 0 Å². The van der Waals surface area contributed by atoms with E-state index in [2.05, 4.69) is 6.92 Å². The minimum atomic E-state index is 0.387. The zero-order valence-corrected chi connectivity index (χ0v) is 11.2. The van der Waals surface area contributed by atoms with Crippen LogP contribution >= 0.6 is 11.6 Å². The molecule has 1 unspecified atom stereocenters. The molecule has 1 nitrogen and oxygen atoms in total. The third-order valence-corrected chi connectivity index (χ3v) is 3.11. The molecule has 0 aromatic carbocycles. The Morgan fingerprint density at radius 2 is 1.53 bits per heavy atom. The monoisotopic (exact) mass is 234 g/mol. The fourth-order valence-corrected chi connectivity index (χ4v) is 2.07. The third kappa shape index (κ3) is 10.5. The van der Waals surface area contributed by atoms with Crippen LogP contribution in [-0.2, 0) is 4.74 Å². The largest absolute Gasteiger partial charge is 0.381 e. The molecule has 0 aliphatic rings. The van der Waals surface area contributed by atoms with Crippen LogP contribution in [0.25, 0.3) is 0 Å². The van der Waals surface area contributed by atoms with Crippen LogP contribution in [0.2, 0.25) is 0 Å². The second-order valence-corrected chi connectivity index (χ2v) is 4.62. The van der Waals surface area contributed by atoms with Crippen LogP contribution in [-0.4, -0.2) is 19.1 Å². The quantitative estimate of drug-likeness (QED) is 0.370. The number of hydrogen-bond donors (Lipinski definition) is 0. The van der Waals surface area contributed by atoms with Gasteiger partial charge in [-0.05, 0) is 12.8 Å². The number of unbranched alkanes of at least 4 members (excludes halogenated alkanes) is 6. The van der Waals surface area contributed by atoms with Crippen molar-refractivity contribution in [2.24, 2.45) is 0 Å². The van der Waals surface area contributed by atoms with Gasteiger partial charge in [0.2, 0.25) is 0 Å². The Hall–Kier alpha value is 0.250. The molecule has 0 fully saturated rings. The highest BCUT2D eigenvalue weighted by Gasteiger charge is 2.05. The fraction of sp³-hybridized carbons (Fsp3) is 1.00. The zero-order chi connectivity index (χ0) is 11.4. The van der Waals surface area contributed by atoms with Gasteiger partial charge in [0.15, 0.2) is 0 Å². The summed E-state index contributed by atoms with van der Waals surface area (Å²) in [6.07, 6.45) is 12.1. The summed E-state index contributed by atoms with van der Waals surface area (Å²) in [7, 11) is 1.79. The van der Waals surface area contributed by atoms with E-state index in [4.69, 9.17) is 16.3 Å². The van der Waals surface area contributed by atoms with E-state index in [1.165, 1.54) is 51.4 Å². The first-order valence-corrected chi connectivity index (χ1v) is 6.97. The predicted octanol–water partition coefficient (Wildman–Crippen LogP) is 4.77. The summed E-state index contributed by atoms with van der Waals surface area (Å²) in [5, 5.41) is 0. The SMILES string of the molecule is CCCCCCCCCC(CCCl)OC. The standard InChI is InChI=1S/C13H27ClO/c1-3-4-5-6-7-8-9-10-13(15-2)11-12-14/h13H,3-12H2,1-2H3. The lowest BCUT2D eigenvalue weighted by atomic mass is 10.1. The van der Waals surface area contributed by atoms with Crippen molar-refractivity contribution >= 4 is 11.6 Å². The molecule has 0 spiro atoms. The number of halogens is 1. The van der Waals surface area contributed by atoms with Crippen molar-refractivity contribution in [3.05, 3.63) is 0 Å². The van der Waals surface area contributed by atoms with Crippen molar-refractivity contribution in [1.82, 2.24) is 0 Å². The van der Waals surface area contributed by atoms with E-state index in [1.807, 2.05) is 0 Å². The maximum Gasteiger partial charge on any atom is 0.0582 e. The van der Waals surface area contributed by atoms with E-state index >= 15 is 0 Å². The van der Waals surface area contributed by atoms with Gasteiger partial charge < -0.3 is 4.74 Å². The Bertz CT molecular complexity index is 117. The zero-order valence-electron chi connectivity index (χ0n) is 10.4. The maximum absolute atomic E-state index is 5.69. The molecule has 2 heteroatoms. The molecule has 0 saturated heterocycles. The topological polar surface area (TPSA) is 9.23 Å². The molecular weight excluding hydrogens is 208 g/mol. The Balaban J connectivity index is 3.14. The second kappa shape index (κ2) is 12.3. The van der Waals surface area contributed by atoms with Gasteiger partial charge in [-0.2, -0.15) is 0 Å². The van der Waals surface area contributed by atoms with E-state index in [0.29, 0.717) is 6.10 Å². The van der Waals surface area contributed by atoms with Gasteiger partial charge in [0.05, 0.1) is 6.10 Å². The number of ether oxygens (including phenoxy) is 1. The number of hydrogen-bond acceptors (Lipinski definition) is 1. The fourth-order valence-electron chi connectivity index (χ4n) is 1.83. The number of rotatable bonds is 11. The summed E-state index contributed by atoms with van der Waals surface area (Å²) in [4.78, 5) is 0. The maximum atomic E-state index is 5.69. The molecule has 0 amide bonds. The van der Waals surface area contributed by atoms with Gasteiger partial charge in [-0.25, -0.2) is 0 Å². The first-order valence-electron chi connectivity index (χ1n) is 6.43. The van der Waals surface area contributed by atoms with Crippen molar-refractivity contribution in [3.8, 4) is 0 Å². The van der Waals surface area contributed by atoms with Crippen LogP contribution in [0.15, 0.2) is 0 Å². The van der Waals surface area contributed by atoms with Crippen molar-refractivity contribution in [2.45, 2.75) is 70.8 Å². The molecule has 92 valence electrons. The summed E-state index contributed by atoms with van der Waals surface area (Å²) in [6.45, 7) is 2.26. The van der Waals surface area contributed by atoms with Crippen LogP contribution in [0.3, 0.4) is 0 Å². The van der Waals surface area contributed by atoms with Crippen LogP contribution in [0, 0.1) is 0 Å². The van der Waals surface area contributed by atoms with Gasteiger partial charge in [-0.1, -0.05) is 51.9 Å². The molecule has 1 atom stereocenters. The van der Waals surface area contributed by atoms with Crippen LogP contribution in [0.5, 0.6) is 0 Å². The van der Waals surface area contributed by atoms with Gasteiger partial charge in [-0.15, -0.1) is 11.6 Å². The Morgan fingerprint density at radius 3 is 2.07 bits per heavy atom. The van der Waals surface area contributed by atoms with E-state index < -0.39 is 0 Å². The lowest BCUT2D eigenvalue weighted by molar-refractivity contribution is 0.0904. The van der Waals surface area contributed by atoms with Gasteiger partial charge in [0.25, 0.3) is 0 Å². The molecule has 0 radical (unpaired) electrons. The molecule has 0 aromatic heterocycles. The summed E-state index contributed by atoms with van der Waals surface area (Å²) >= 11 is 5.69. The molecule has 0 N–H and O–H groups in total. The molecule has 0 aliphatic heterocycles. The lowest BCUT2D eigenvalue weighted by Crippen LogP contribution is -2.10. The summed E-state index contributed by atoms with van der Waals surface area (Å²) in [6, 6.07) is 0. The van der Waals surface area contributed by atoms with Gasteiger partial charge in [0, 0.05) is 13.0 Å².